The van der Waals surface area contributed by atoms with E-state index in [1.807, 2.05) is 24.3 Å². The molecule has 0 aliphatic carbocycles. The van der Waals surface area contributed by atoms with Gasteiger partial charge in [-0.05, 0) is 50.2 Å². The minimum atomic E-state index is -0.00561. The molecule has 1 saturated heterocycles. The maximum absolute atomic E-state index is 12.0. The Bertz CT molecular complexity index is 496. The van der Waals surface area contributed by atoms with Gasteiger partial charge in [-0.1, -0.05) is 12.2 Å². The van der Waals surface area contributed by atoms with Crippen LogP contribution in [0.25, 0.3) is 0 Å². The van der Waals surface area contributed by atoms with Crippen LogP contribution in [0, 0.1) is 5.92 Å². The summed E-state index contributed by atoms with van der Waals surface area (Å²) in [7, 11) is 1.62. The number of anilines is 1. The van der Waals surface area contributed by atoms with E-state index in [-0.39, 0.29) is 5.91 Å². The molecular formula is C15H21N3O2S. The van der Waals surface area contributed by atoms with E-state index in [1.165, 1.54) is 0 Å². The molecule has 1 heterocycles. The van der Waals surface area contributed by atoms with Gasteiger partial charge in [0, 0.05) is 11.6 Å². The third kappa shape index (κ3) is 4.68. The average Bonchev–Trinajstić information content (AvgIpc) is 2.48. The molecule has 0 unspecified atom stereocenters. The normalized spacial score (nSPS) is 16.4. The predicted molar refractivity (Wildman–Crippen MR) is 87.6 cm³/mol. The third-order valence-electron chi connectivity index (χ3n) is 3.73. The lowest BCUT2D eigenvalue weighted by molar-refractivity contribution is -0.117. The Morgan fingerprint density at radius 1 is 1.38 bits per heavy atom. The van der Waals surface area contributed by atoms with Crippen LogP contribution < -0.4 is 15.8 Å². The molecule has 21 heavy (non-hydrogen) atoms. The lowest BCUT2D eigenvalue weighted by atomic mass is 9.97. The largest absolute Gasteiger partial charge is 0.497 e. The molecule has 1 aliphatic heterocycles. The van der Waals surface area contributed by atoms with Crippen molar-refractivity contribution in [2.24, 2.45) is 11.7 Å². The summed E-state index contributed by atoms with van der Waals surface area (Å²) in [5.74, 6) is 1.09. The Labute approximate surface area is 130 Å². The number of nitrogens with one attached hydrogen (secondary N) is 1. The Morgan fingerprint density at radius 2 is 2.00 bits per heavy atom. The number of hydrogen-bond acceptors (Lipinski definition) is 4. The van der Waals surface area contributed by atoms with Gasteiger partial charge in [0.2, 0.25) is 5.91 Å². The number of likely N-dealkylation sites (tertiary alicyclic amines) is 1. The summed E-state index contributed by atoms with van der Waals surface area (Å²) in [6, 6.07) is 7.30. The summed E-state index contributed by atoms with van der Waals surface area (Å²) < 4.78 is 5.08. The highest BCUT2D eigenvalue weighted by Gasteiger charge is 2.22. The fourth-order valence-electron chi connectivity index (χ4n) is 2.45. The molecule has 1 amide bonds. The zero-order valence-electron chi connectivity index (χ0n) is 12.2. The summed E-state index contributed by atoms with van der Waals surface area (Å²) in [6.07, 6.45) is 1.87. The maximum atomic E-state index is 12.0. The van der Waals surface area contributed by atoms with Crippen molar-refractivity contribution in [2.75, 3.05) is 32.1 Å². The van der Waals surface area contributed by atoms with Crippen LogP contribution in [-0.2, 0) is 4.79 Å². The second-order valence-electron chi connectivity index (χ2n) is 5.23. The molecule has 3 N–H and O–H groups in total. The summed E-state index contributed by atoms with van der Waals surface area (Å²) in [4.78, 5) is 14.7. The first-order chi connectivity index (χ1) is 10.1. The molecule has 2 rings (SSSR count). The summed E-state index contributed by atoms with van der Waals surface area (Å²) in [5.41, 5.74) is 6.44. The van der Waals surface area contributed by atoms with E-state index < -0.39 is 0 Å². The van der Waals surface area contributed by atoms with Crippen molar-refractivity contribution in [1.82, 2.24) is 4.90 Å². The lowest BCUT2D eigenvalue weighted by Crippen LogP contribution is -2.41. The SMILES string of the molecule is COc1ccc(NC(=O)CN2CCC(C(N)=S)CC2)cc1. The fourth-order valence-corrected chi connectivity index (χ4v) is 2.69. The van der Waals surface area contributed by atoms with Gasteiger partial charge in [-0.3, -0.25) is 9.69 Å². The Kier molecular flexibility index (Phi) is 5.52. The van der Waals surface area contributed by atoms with E-state index in [1.54, 1.807) is 7.11 Å². The maximum Gasteiger partial charge on any atom is 0.238 e. The van der Waals surface area contributed by atoms with Crippen molar-refractivity contribution in [1.29, 1.82) is 0 Å². The summed E-state index contributed by atoms with van der Waals surface area (Å²) in [5, 5.41) is 2.89. The second kappa shape index (κ2) is 7.38. The van der Waals surface area contributed by atoms with Gasteiger partial charge in [0.15, 0.2) is 0 Å². The van der Waals surface area contributed by atoms with Gasteiger partial charge in [-0.25, -0.2) is 0 Å². The fraction of sp³-hybridized carbons (Fsp3) is 0.467. The van der Waals surface area contributed by atoms with E-state index in [2.05, 4.69) is 10.2 Å². The molecule has 1 aromatic rings. The van der Waals surface area contributed by atoms with Crippen LogP contribution in [0.15, 0.2) is 24.3 Å². The molecule has 1 aromatic carbocycles. The number of piperidine rings is 1. The highest BCUT2D eigenvalue weighted by Crippen LogP contribution is 2.18. The lowest BCUT2D eigenvalue weighted by Gasteiger charge is -2.30. The number of thiocarbonyl (C=S) groups is 1. The van der Waals surface area contributed by atoms with Crippen molar-refractivity contribution in [3.8, 4) is 5.75 Å². The molecule has 1 aliphatic rings. The van der Waals surface area contributed by atoms with Crippen LogP contribution in [0.2, 0.25) is 0 Å². The van der Waals surface area contributed by atoms with Crippen LogP contribution in [0.3, 0.4) is 0 Å². The van der Waals surface area contributed by atoms with Gasteiger partial charge in [-0.2, -0.15) is 0 Å². The quantitative estimate of drug-likeness (QED) is 0.809. The Morgan fingerprint density at radius 3 is 2.52 bits per heavy atom. The molecule has 6 heteroatoms. The summed E-state index contributed by atoms with van der Waals surface area (Å²) in [6.45, 7) is 2.12. The molecule has 0 saturated carbocycles. The van der Waals surface area contributed by atoms with Crippen LogP contribution in [0.1, 0.15) is 12.8 Å². The smallest absolute Gasteiger partial charge is 0.238 e. The van der Waals surface area contributed by atoms with Gasteiger partial charge < -0.3 is 15.8 Å². The highest BCUT2D eigenvalue weighted by molar-refractivity contribution is 7.80. The number of carbonyl (C=O) groups excluding carboxylic acids is 1. The van der Waals surface area contributed by atoms with Gasteiger partial charge in [0.05, 0.1) is 18.6 Å². The van der Waals surface area contributed by atoms with Crippen molar-refractivity contribution >= 4 is 28.8 Å². The van der Waals surface area contributed by atoms with E-state index in [9.17, 15) is 4.79 Å². The van der Waals surface area contributed by atoms with Gasteiger partial charge in [0.25, 0.3) is 0 Å². The summed E-state index contributed by atoms with van der Waals surface area (Å²) >= 11 is 5.02. The average molecular weight is 307 g/mol. The second-order valence-corrected chi connectivity index (χ2v) is 5.70. The first kappa shape index (κ1) is 15.7. The number of amides is 1. The van der Waals surface area contributed by atoms with Gasteiger partial charge >= 0.3 is 0 Å². The van der Waals surface area contributed by atoms with Gasteiger partial charge in [0.1, 0.15) is 5.75 Å². The topological polar surface area (TPSA) is 67.6 Å². The molecule has 0 radical (unpaired) electrons. The molecule has 114 valence electrons. The van der Waals surface area contributed by atoms with E-state index in [4.69, 9.17) is 22.7 Å². The third-order valence-corrected chi connectivity index (χ3v) is 4.06. The number of rotatable bonds is 5. The molecule has 0 spiro atoms. The van der Waals surface area contributed by atoms with Crippen molar-refractivity contribution in [3.05, 3.63) is 24.3 Å². The number of ether oxygens (including phenoxy) is 1. The van der Waals surface area contributed by atoms with Crippen molar-refractivity contribution in [2.45, 2.75) is 12.8 Å². The molecular weight excluding hydrogens is 286 g/mol. The number of hydrogen-bond donors (Lipinski definition) is 2. The molecule has 5 nitrogen and oxygen atoms in total. The zero-order chi connectivity index (χ0) is 15.2. The number of nitrogens with two attached hydrogens (primary N) is 1. The zero-order valence-corrected chi connectivity index (χ0v) is 13.0. The van der Waals surface area contributed by atoms with E-state index >= 15 is 0 Å². The van der Waals surface area contributed by atoms with Gasteiger partial charge in [-0.15, -0.1) is 0 Å². The van der Waals surface area contributed by atoms with Crippen LogP contribution in [-0.4, -0.2) is 42.5 Å². The number of benzene rings is 1. The molecule has 0 aromatic heterocycles. The minimum absolute atomic E-state index is 0.00561. The Hall–Kier alpha value is -1.66. The van der Waals surface area contributed by atoms with Crippen LogP contribution >= 0.6 is 12.2 Å². The standard InChI is InChI=1S/C15H21N3O2S/c1-20-13-4-2-12(3-5-13)17-14(19)10-18-8-6-11(7-9-18)15(16)21/h2-5,11H,6-10H2,1H3,(H2,16,21)(H,17,19). The van der Waals surface area contributed by atoms with Crippen molar-refractivity contribution < 1.29 is 9.53 Å². The van der Waals surface area contributed by atoms with Crippen LogP contribution in [0.4, 0.5) is 5.69 Å². The molecule has 1 fully saturated rings. The molecule has 0 bridgehead atoms. The number of nitrogens with zero attached hydrogens (tertiary/aromatic N) is 1. The minimum Gasteiger partial charge on any atom is -0.497 e. The number of methoxy groups -OCH3 is 1. The number of carbonyl (C=O) groups is 1. The van der Waals surface area contributed by atoms with Crippen molar-refractivity contribution in [3.63, 3.8) is 0 Å². The van der Waals surface area contributed by atoms with Crippen LogP contribution in [0.5, 0.6) is 5.75 Å². The molecule has 0 atom stereocenters. The van der Waals surface area contributed by atoms with E-state index in [0.717, 1.165) is 37.4 Å². The monoisotopic (exact) mass is 307 g/mol. The predicted octanol–water partition coefficient (Wildman–Crippen LogP) is 1.63. The first-order valence-electron chi connectivity index (χ1n) is 7.04. The van der Waals surface area contributed by atoms with E-state index in [0.29, 0.717) is 17.5 Å². The Balaban J connectivity index is 1.78. The highest BCUT2D eigenvalue weighted by atomic mass is 32.1. The first-order valence-corrected chi connectivity index (χ1v) is 7.45.